The molecule has 0 aliphatic carbocycles. The van der Waals surface area contributed by atoms with Gasteiger partial charge in [-0.25, -0.2) is 21.9 Å². The summed E-state index contributed by atoms with van der Waals surface area (Å²) >= 11 is 0. The van der Waals surface area contributed by atoms with Crippen molar-refractivity contribution in [1.82, 2.24) is 4.72 Å². The lowest BCUT2D eigenvalue weighted by atomic mass is 10.2. The van der Waals surface area contributed by atoms with Crippen LogP contribution in [-0.4, -0.2) is 8.42 Å². The van der Waals surface area contributed by atoms with Gasteiger partial charge in [-0.3, -0.25) is 0 Å². The van der Waals surface area contributed by atoms with Gasteiger partial charge in [-0.2, -0.15) is 0 Å². The molecule has 0 saturated heterocycles. The second kappa shape index (κ2) is 5.75. The fraction of sp³-hybridized carbons (Fsp3) is 0.125. The highest BCUT2D eigenvalue weighted by Gasteiger charge is 2.24. The van der Waals surface area contributed by atoms with E-state index >= 15 is 0 Å². The molecule has 0 amide bonds. The molecule has 0 radical (unpaired) electrons. The first-order valence-electron chi connectivity index (χ1n) is 6.83. The molecule has 4 nitrogen and oxygen atoms in total. The minimum atomic E-state index is -4.22. The van der Waals surface area contributed by atoms with Crippen LogP contribution in [-0.2, 0) is 10.0 Å². The lowest BCUT2D eigenvalue weighted by Gasteiger charge is -2.12. The summed E-state index contributed by atoms with van der Waals surface area (Å²) in [6.07, 6.45) is 0. The van der Waals surface area contributed by atoms with Gasteiger partial charge in [0, 0.05) is 5.39 Å². The molecule has 0 saturated carbocycles. The number of fused-ring (bicyclic) bond motifs is 1. The smallest absolute Gasteiger partial charge is 0.244 e. The molecule has 1 heterocycles. The van der Waals surface area contributed by atoms with Crippen LogP contribution in [0.25, 0.3) is 11.0 Å². The molecule has 1 atom stereocenters. The number of halogens is 2. The highest BCUT2D eigenvalue weighted by molar-refractivity contribution is 7.89. The van der Waals surface area contributed by atoms with Crippen LogP contribution in [0.2, 0.25) is 0 Å². The zero-order valence-electron chi connectivity index (χ0n) is 12.1. The van der Waals surface area contributed by atoms with Gasteiger partial charge in [0.2, 0.25) is 10.0 Å². The zero-order valence-corrected chi connectivity index (χ0v) is 12.9. The SMILES string of the molecule is C[C@@H](NS(=O)(=O)c1cc(F)ccc1F)c1cc2ccccc2o1. The summed E-state index contributed by atoms with van der Waals surface area (Å²) in [6.45, 7) is 1.56. The van der Waals surface area contributed by atoms with Gasteiger partial charge in [0.05, 0.1) is 6.04 Å². The van der Waals surface area contributed by atoms with Crippen molar-refractivity contribution in [3.8, 4) is 0 Å². The predicted molar refractivity (Wildman–Crippen MR) is 81.3 cm³/mol. The molecule has 0 aliphatic heterocycles. The molecule has 2 aromatic carbocycles. The van der Waals surface area contributed by atoms with Crippen LogP contribution in [0.4, 0.5) is 8.78 Å². The maximum atomic E-state index is 13.7. The van der Waals surface area contributed by atoms with Gasteiger partial charge in [0.15, 0.2) is 0 Å². The van der Waals surface area contributed by atoms with Crippen LogP contribution in [0.5, 0.6) is 0 Å². The average Bonchev–Trinajstić information content (AvgIpc) is 2.93. The molecule has 3 aromatic rings. The quantitative estimate of drug-likeness (QED) is 0.789. The molecular weight excluding hydrogens is 324 g/mol. The van der Waals surface area contributed by atoms with Crippen molar-refractivity contribution in [3.63, 3.8) is 0 Å². The Kier molecular flexibility index (Phi) is 3.91. The van der Waals surface area contributed by atoms with Crippen molar-refractivity contribution in [2.24, 2.45) is 0 Å². The largest absolute Gasteiger partial charge is 0.459 e. The van der Waals surface area contributed by atoms with E-state index in [1.165, 1.54) is 0 Å². The number of sulfonamides is 1. The summed E-state index contributed by atoms with van der Waals surface area (Å²) in [5, 5.41) is 0.825. The Morgan fingerprint density at radius 2 is 1.83 bits per heavy atom. The van der Waals surface area contributed by atoms with Crippen molar-refractivity contribution in [3.05, 3.63) is 65.9 Å². The molecule has 0 aliphatic rings. The van der Waals surface area contributed by atoms with Crippen LogP contribution >= 0.6 is 0 Å². The molecule has 0 spiro atoms. The highest BCUT2D eigenvalue weighted by Crippen LogP contribution is 2.25. The van der Waals surface area contributed by atoms with Crippen molar-refractivity contribution < 1.29 is 21.6 Å². The molecule has 1 aromatic heterocycles. The van der Waals surface area contributed by atoms with Crippen LogP contribution in [0.3, 0.4) is 0 Å². The van der Waals surface area contributed by atoms with Crippen molar-refractivity contribution in [1.29, 1.82) is 0 Å². The van der Waals surface area contributed by atoms with Crippen LogP contribution < -0.4 is 4.72 Å². The Hall–Kier alpha value is -2.25. The molecule has 0 bridgehead atoms. The minimum Gasteiger partial charge on any atom is -0.459 e. The topological polar surface area (TPSA) is 59.3 Å². The number of furan rings is 1. The van der Waals surface area contributed by atoms with Gasteiger partial charge >= 0.3 is 0 Å². The van der Waals surface area contributed by atoms with Gasteiger partial charge in [0.25, 0.3) is 0 Å². The summed E-state index contributed by atoms with van der Waals surface area (Å²) in [5.41, 5.74) is 0.616. The van der Waals surface area contributed by atoms with Crippen LogP contribution in [0, 0.1) is 11.6 Å². The standard InChI is InChI=1S/C16H13F2NO3S/c1-10(15-8-11-4-2-3-5-14(11)22-15)19-23(20,21)16-9-12(17)6-7-13(16)18/h2-10,19H,1H3/t10-/m1/s1. The van der Waals surface area contributed by atoms with E-state index in [0.717, 1.165) is 17.5 Å². The van der Waals surface area contributed by atoms with Gasteiger partial charge in [0.1, 0.15) is 27.9 Å². The maximum absolute atomic E-state index is 13.7. The Morgan fingerprint density at radius 3 is 2.57 bits per heavy atom. The van der Waals surface area contributed by atoms with E-state index in [4.69, 9.17) is 4.42 Å². The summed E-state index contributed by atoms with van der Waals surface area (Å²) < 4.78 is 59.2. The Bertz CT molecular complexity index is 933. The van der Waals surface area contributed by atoms with Gasteiger partial charge < -0.3 is 4.42 Å². The van der Waals surface area contributed by atoms with E-state index in [0.29, 0.717) is 17.4 Å². The third kappa shape index (κ3) is 3.11. The molecule has 0 fully saturated rings. The second-order valence-electron chi connectivity index (χ2n) is 5.10. The number of hydrogen-bond donors (Lipinski definition) is 1. The fourth-order valence-electron chi connectivity index (χ4n) is 2.25. The van der Waals surface area contributed by atoms with Gasteiger partial charge in [-0.05, 0) is 37.3 Å². The molecule has 1 N–H and O–H groups in total. The van der Waals surface area contributed by atoms with Gasteiger partial charge in [-0.1, -0.05) is 18.2 Å². The van der Waals surface area contributed by atoms with E-state index in [1.54, 1.807) is 25.1 Å². The van der Waals surface area contributed by atoms with E-state index in [-0.39, 0.29) is 0 Å². The van der Waals surface area contributed by atoms with Crippen LogP contribution in [0.15, 0.2) is 57.8 Å². The highest BCUT2D eigenvalue weighted by atomic mass is 32.2. The zero-order chi connectivity index (χ0) is 16.6. The first-order chi connectivity index (χ1) is 10.9. The monoisotopic (exact) mass is 337 g/mol. The normalized spacial score (nSPS) is 13.3. The van der Waals surface area contributed by atoms with E-state index < -0.39 is 32.6 Å². The van der Waals surface area contributed by atoms with Crippen LogP contribution in [0.1, 0.15) is 18.7 Å². The third-order valence-electron chi connectivity index (χ3n) is 3.39. The Labute approximate surface area is 131 Å². The third-order valence-corrected chi connectivity index (χ3v) is 4.94. The summed E-state index contributed by atoms with van der Waals surface area (Å²) in [4.78, 5) is -0.736. The molecule has 3 rings (SSSR count). The van der Waals surface area contributed by atoms with E-state index in [9.17, 15) is 17.2 Å². The molecular formula is C16H13F2NO3S. The maximum Gasteiger partial charge on any atom is 0.244 e. The lowest BCUT2D eigenvalue weighted by molar-refractivity contribution is 0.481. The lowest BCUT2D eigenvalue weighted by Crippen LogP contribution is -2.27. The number of benzene rings is 2. The van der Waals surface area contributed by atoms with Gasteiger partial charge in [-0.15, -0.1) is 0 Å². The van der Waals surface area contributed by atoms with Crippen molar-refractivity contribution in [2.75, 3.05) is 0 Å². The molecule has 7 heteroatoms. The first kappa shape index (κ1) is 15.6. The Morgan fingerprint density at radius 1 is 1.09 bits per heavy atom. The number of nitrogens with one attached hydrogen (secondary N) is 1. The van der Waals surface area contributed by atoms with E-state index in [1.807, 2.05) is 12.1 Å². The summed E-state index contributed by atoms with van der Waals surface area (Å²) in [6, 6.07) is 10.4. The summed E-state index contributed by atoms with van der Waals surface area (Å²) in [5.74, 6) is -1.47. The van der Waals surface area contributed by atoms with E-state index in [2.05, 4.69) is 4.72 Å². The fourth-order valence-corrected chi connectivity index (χ4v) is 3.55. The molecule has 120 valence electrons. The number of para-hydroxylation sites is 1. The van der Waals surface area contributed by atoms with Crippen molar-refractivity contribution >= 4 is 21.0 Å². The minimum absolute atomic E-state index is 0.381. The predicted octanol–water partition coefficient (Wildman–Crippen LogP) is 3.75. The second-order valence-corrected chi connectivity index (χ2v) is 6.79. The average molecular weight is 337 g/mol. The van der Waals surface area contributed by atoms with Crippen molar-refractivity contribution in [2.45, 2.75) is 17.9 Å². The number of rotatable bonds is 4. The first-order valence-corrected chi connectivity index (χ1v) is 8.31. The summed E-state index contributed by atoms with van der Waals surface area (Å²) in [7, 11) is -4.22. The molecule has 23 heavy (non-hydrogen) atoms. The Balaban J connectivity index is 1.91. The molecule has 0 unspecified atom stereocenters. The number of hydrogen-bond acceptors (Lipinski definition) is 3.